The number of amides is 1. The quantitative estimate of drug-likeness (QED) is 0.710. The van der Waals surface area contributed by atoms with Crippen LogP contribution in [0.15, 0.2) is 59.7 Å². The number of hydrogen-bond acceptors (Lipinski definition) is 4. The van der Waals surface area contributed by atoms with E-state index in [1.807, 2.05) is 23.2 Å². The highest BCUT2D eigenvalue weighted by Crippen LogP contribution is 2.30. The van der Waals surface area contributed by atoms with Crippen LogP contribution in [0, 0.1) is 5.92 Å². The van der Waals surface area contributed by atoms with Gasteiger partial charge in [0.05, 0.1) is 17.7 Å². The molecule has 1 amide bonds. The van der Waals surface area contributed by atoms with E-state index >= 15 is 0 Å². The molecular weight excluding hydrogens is 408 g/mol. The van der Waals surface area contributed by atoms with E-state index in [4.69, 9.17) is 16.7 Å². The summed E-state index contributed by atoms with van der Waals surface area (Å²) in [7, 11) is 0. The molecule has 0 radical (unpaired) electrons. The Morgan fingerprint density at radius 2 is 1.58 bits per heavy atom. The Morgan fingerprint density at radius 1 is 0.871 bits per heavy atom. The summed E-state index contributed by atoms with van der Waals surface area (Å²) >= 11 is 6.13. The zero-order chi connectivity index (χ0) is 21.2. The van der Waals surface area contributed by atoms with Crippen molar-refractivity contribution in [2.24, 2.45) is 11.0 Å². The average molecular weight is 437 g/mol. The number of nitrogens with zero attached hydrogens (tertiary/aromatic N) is 4. The topological polar surface area (TPSA) is 39.2 Å². The SMILES string of the molecule is O=C1C2CCN(Cc3cccc(Cl)c3)CC2=NN1C1CCN(Cc2ccccc2)CC1. The molecule has 0 aliphatic carbocycles. The fraction of sp³-hybridized carbons (Fsp3) is 0.440. The zero-order valence-electron chi connectivity index (χ0n) is 17.8. The molecule has 3 heterocycles. The van der Waals surface area contributed by atoms with Crippen molar-refractivity contribution in [1.29, 1.82) is 0 Å². The number of carbonyl (C=O) groups is 1. The van der Waals surface area contributed by atoms with Gasteiger partial charge in [0, 0.05) is 44.3 Å². The van der Waals surface area contributed by atoms with Crippen LogP contribution in [0.1, 0.15) is 30.4 Å². The van der Waals surface area contributed by atoms with Gasteiger partial charge in [-0.3, -0.25) is 14.6 Å². The van der Waals surface area contributed by atoms with Crippen molar-refractivity contribution in [2.75, 3.05) is 26.2 Å². The van der Waals surface area contributed by atoms with E-state index in [9.17, 15) is 4.79 Å². The first-order chi connectivity index (χ1) is 15.2. The molecule has 3 aliphatic heterocycles. The summed E-state index contributed by atoms with van der Waals surface area (Å²) in [6.45, 7) is 5.55. The lowest BCUT2D eigenvalue weighted by Gasteiger charge is -2.35. The van der Waals surface area contributed by atoms with Gasteiger partial charge in [0.25, 0.3) is 5.91 Å². The summed E-state index contributed by atoms with van der Waals surface area (Å²) in [5.41, 5.74) is 3.60. The summed E-state index contributed by atoms with van der Waals surface area (Å²) in [6, 6.07) is 18.9. The van der Waals surface area contributed by atoms with Gasteiger partial charge in [-0.2, -0.15) is 5.10 Å². The minimum Gasteiger partial charge on any atom is -0.299 e. The Bertz CT molecular complexity index is 955. The Kier molecular flexibility index (Phi) is 6.08. The average Bonchev–Trinajstić information content (AvgIpc) is 3.11. The van der Waals surface area contributed by atoms with Gasteiger partial charge in [0.1, 0.15) is 0 Å². The van der Waals surface area contributed by atoms with Gasteiger partial charge >= 0.3 is 0 Å². The number of hydrogen-bond donors (Lipinski definition) is 0. The van der Waals surface area contributed by atoms with E-state index in [0.717, 1.165) is 69.3 Å². The number of rotatable bonds is 5. The summed E-state index contributed by atoms with van der Waals surface area (Å²) < 4.78 is 0. The van der Waals surface area contributed by atoms with Gasteiger partial charge in [0.2, 0.25) is 0 Å². The summed E-state index contributed by atoms with van der Waals surface area (Å²) in [6.07, 6.45) is 2.85. The van der Waals surface area contributed by atoms with E-state index in [2.05, 4.69) is 46.2 Å². The van der Waals surface area contributed by atoms with Gasteiger partial charge in [0.15, 0.2) is 0 Å². The summed E-state index contributed by atoms with van der Waals surface area (Å²) in [4.78, 5) is 17.9. The van der Waals surface area contributed by atoms with Crippen LogP contribution in [0.25, 0.3) is 0 Å². The molecule has 0 spiro atoms. The minimum absolute atomic E-state index is 0.0158. The van der Waals surface area contributed by atoms with Crippen LogP contribution in [0.3, 0.4) is 0 Å². The van der Waals surface area contributed by atoms with E-state index in [0.29, 0.717) is 0 Å². The highest BCUT2D eigenvalue weighted by Gasteiger charge is 2.42. The molecular formula is C25H29ClN4O. The Hall–Kier alpha value is -2.21. The number of benzene rings is 2. The number of hydrazone groups is 1. The Morgan fingerprint density at radius 3 is 2.35 bits per heavy atom. The van der Waals surface area contributed by atoms with Crippen molar-refractivity contribution in [3.05, 3.63) is 70.7 Å². The number of likely N-dealkylation sites (tertiary alicyclic amines) is 2. The lowest BCUT2D eigenvalue weighted by molar-refractivity contribution is -0.135. The fourth-order valence-electron chi connectivity index (χ4n) is 5.06. The Labute approximate surface area is 189 Å². The van der Waals surface area contributed by atoms with Gasteiger partial charge < -0.3 is 0 Å². The van der Waals surface area contributed by atoms with Crippen molar-refractivity contribution in [2.45, 2.75) is 38.4 Å². The zero-order valence-corrected chi connectivity index (χ0v) is 18.5. The van der Waals surface area contributed by atoms with Gasteiger partial charge in [-0.1, -0.05) is 54.1 Å². The summed E-state index contributed by atoms with van der Waals surface area (Å²) in [5.74, 6) is 0.205. The predicted molar refractivity (Wildman–Crippen MR) is 124 cm³/mol. The molecule has 2 aromatic carbocycles. The molecule has 2 aromatic rings. The van der Waals surface area contributed by atoms with Crippen LogP contribution in [-0.2, 0) is 17.9 Å². The van der Waals surface area contributed by atoms with E-state index < -0.39 is 0 Å². The fourth-order valence-corrected chi connectivity index (χ4v) is 5.28. The smallest absolute Gasteiger partial charge is 0.251 e. The second-order valence-electron chi connectivity index (χ2n) is 8.95. The van der Waals surface area contributed by atoms with Crippen molar-refractivity contribution >= 4 is 23.2 Å². The molecule has 5 nitrogen and oxygen atoms in total. The standard InChI is InChI=1S/C25H29ClN4O/c26-21-8-4-7-20(15-21)17-29-14-11-23-24(18-29)27-30(25(23)31)22-9-12-28(13-10-22)16-19-5-2-1-3-6-19/h1-8,15,22-23H,9-14,16-18H2. The highest BCUT2D eigenvalue weighted by molar-refractivity contribution is 6.30. The van der Waals surface area contributed by atoms with Crippen LogP contribution >= 0.6 is 11.6 Å². The molecule has 6 heteroatoms. The molecule has 2 fully saturated rings. The third kappa shape index (κ3) is 4.69. The van der Waals surface area contributed by atoms with Gasteiger partial charge in [-0.25, -0.2) is 5.01 Å². The number of halogens is 1. The lowest BCUT2D eigenvalue weighted by Crippen LogP contribution is -2.45. The maximum atomic E-state index is 13.1. The second-order valence-corrected chi connectivity index (χ2v) is 9.39. The van der Waals surface area contributed by atoms with Crippen LogP contribution in [0.4, 0.5) is 0 Å². The first-order valence-electron chi connectivity index (χ1n) is 11.3. The van der Waals surface area contributed by atoms with Crippen molar-refractivity contribution in [3.63, 3.8) is 0 Å². The van der Waals surface area contributed by atoms with Gasteiger partial charge in [-0.15, -0.1) is 0 Å². The largest absolute Gasteiger partial charge is 0.299 e. The monoisotopic (exact) mass is 436 g/mol. The molecule has 5 rings (SSSR count). The molecule has 162 valence electrons. The molecule has 0 N–H and O–H groups in total. The Balaban J connectivity index is 1.18. The molecule has 0 bridgehead atoms. The van der Waals surface area contributed by atoms with Gasteiger partial charge in [-0.05, 0) is 42.5 Å². The van der Waals surface area contributed by atoms with Crippen molar-refractivity contribution in [3.8, 4) is 0 Å². The van der Waals surface area contributed by atoms with E-state index in [1.54, 1.807) is 0 Å². The van der Waals surface area contributed by atoms with Crippen LogP contribution in [0.5, 0.6) is 0 Å². The number of fused-ring (bicyclic) bond motifs is 1. The highest BCUT2D eigenvalue weighted by atomic mass is 35.5. The molecule has 1 unspecified atom stereocenters. The molecule has 0 saturated carbocycles. The third-order valence-corrected chi connectivity index (χ3v) is 6.96. The van der Waals surface area contributed by atoms with Crippen molar-refractivity contribution < 1.29 is 4.79 Å². The summed E-state index contributed by atoms with van der Waals surface area (Å²) in [5, 5.41) is 7.45. The number of carbonyl (C=O) groups excluding carboxylic acids is 1. The van der Waals surface area contributed by atoms with E-state index in [-0.39, 0.29) is 17.9 Å². The molecule has 0 aromatic heterocycles. The first kappa shape index (κ1) is 20.7. The van der Waals surface area contributed by atoms with E-state index in [1.165, 1.54) is 11.1 Å². The molecule has 3 aliphatic rings. The van der Waals surface area contributed by atoms with Crippen LogP contribution in [-0.4, -0.2) is 58.6 Å². The first-order valence-corrected chi connectivity index (χ1v) is 11.7. The maximum absolute atomic E-state index is 13.1. The minimum atomic E-state index is -0.0158. The van der Waals surface area contributed by atoms with Crippen LogP contribution in [0.2, 0.25) is 5.02 Å². The molecule has 2 saturated heterocycles. The number of piperidine rings is 2. The second kappa shape index (κ2) is 9.11. The lowest BCUT2D eigenvalue weighted by atomic mass is 9.93. The van der Waals surface area contributed by atoms with Crippen molar-refractivity contribution in [1.82, 2.24) is 14.8 Å². The molecule has 31 heavy (non-hydrogen) atoms. The van der Waals surface area contributed by atoms with Crippen LogP contribution < -0.4 is 0 Å². The third-order valence-electron chi connectivity index (χ3n) is 6.73. The molecule has 1 atom stereocenters. The maximum Gasteiger partial charge on any atom is 0.251 e. The normalized spacial score (nSPS) is 23.1. The predicted octanol–water partition coefficient (Wildman–Crippen LogP) is 4.02.